The molecule has 0 saturated heterocycles. The van der Waals surface area contributed by atoms with Gasteiger partial charge in [0.05, 0.1) is 12.5 Å². The number of carbonyl (C=O) groups is 6. The first-order valence-corrected chi connectivity index (χ1v) is 11.0. The lowest BCUT2D eigenvalue weighted by Gasteiger charge is -2.24. The Kier molecular flexibility index (Phi) is 14.4. The van der Waals surface area contributed by atoms with Gasteiger partial charge < -0.3 is 49.1 Å². The molecule has 0 aliphatic rings. The molecule has 0 saturated carbocycles. The van der Waals surface area contributed by atoms with Gasteiger partial charge in [-0.3, -0.25) is 29.0 Å². The van der Waals surface area contributed by atoms with E-state index in [1.807, 2.05) is 0 Å². The van der Waals surface area contributed by atoms with Gasteiger partial charge in [0, 0.05) is 18.7 Å². The first-order valence-electron chi connectivity index (χ1n) is 10.3. The van der Waals surface area contributed by atoms with Crippen molar-refractivity contribution in [2.75, 3.05) is 12.3 Å². The second kappa shape index (κ2) is 16.1. The predicted molar refractivity (Wildman–Crippen MR) is 126 cm³/mol. The lowest BCUT2D eigenvalue weighted by Crippen LogP contribution is -2.58. The second-order valence-electron chi connectivity index (χ2n) is 7.36. The number of carboxylic acids is 2. The normalized spacial score (nSPS) is 13.9. The number of aliphatic carboxylic acids is 2. The maximum absolute atomic E-state index is 12.7. The van der Waals surface area contributed by atoms with Crippen LogP contribution in [-0.4, -0.2) is 88.2 Å². The Morgan fingerprint density at radius 3 is 1.86 bits per heavy atom. The summed E-state index contributed by atoms with van der Waals surface area (Å²) < 4.78 is 0. The van der Waals surface area contributed by atoms with Crippen LogP contribution in [0.1, 0.15) is 32.1 Å². The van der Waals surface area contributed by atoms with Gasteiger partial charge in [-0.2, -0.15) is 12.6 Å². The van der Waals surface area contributed by atoms with Crippen molar-refractivity contribution >= 4 is 54.2 Å². The lowest BCUT2D eigenvalue weighted by atomic mass is 10.1. The van der Waals surface area contributed by atoms with Gasteiger partial charge in [-0.05, 0) is 19.3 Å². The first kappa shape index (κ1) is 31.4. The summed E-state index contributed by atoms with van der Waals surface area (Å²) >= 11 is 3.81. The van der Waals surface area contributed by atoms with E-state index in [2.05, 4.69) is 33.6 Å². The molecule has 0 rings (SSSR count). The molecule has 35 heavy (non-hydrogen) atoms. The Balaban J connectivity index is 5.40. The molecule has 4 atom stereocenters. The highest BCUT2D eigenvalue weighted by Crippen LogP contribution is 2.04. The number of amides is 4. The third-order valence-electron chi connectivity index (χ3n) is 4.42. The number of nitrogens with zero attached hydrogens (tertiary/aromatic N) is 1. The van der Waals surface area contributed by atoms with Crippen LogP contribution in [0.15, 0.2) is 4.99 Å². The molecule has 16 nitrogen and oxygen atoms in total. The standard InChI is InChI=1S/C18H32N8O8S/c19-8(2-1-5-23-18(21)22)14(30)25-10(6-12(20)27)16(32)24-9(3-4-13(28)29)15(31)26-11(7-35)17(33)34/h8-11,35H,1-7,19H2,(H2,20,27)(H,24,32)(H,25,30)(H,26,31)(H,28,29)(H,33,34)(H4,21,22,23). The van der Waals surface area contributed by atoms with Gasteiger partial charge in [-0.1, -0.05) is 0 Å². The number of rotatable bonds is 17. The molecule has 0 fully saturated rings. The van der Waals surface area contributed by atoms with Gasteiger partial charge in [0.15, 0.2) is 5.96 Å². The molecule has 0 bridgehead atoms. The van der Waals surface area contributed by atoms with Gasteiger partial charge >= 0.3 is 11.9 Å². The Morgan fingerprint density at radius 2 is 1.37 bits per heavy atom. The highest BCUT2D eigenvalue weighted by molar-refractivity contribution is 7.80. The molecule has 0 spiro atoms. The molecule has 198 valence electrons. The molecule has 0 aliphatic heterocycles. The molecular weight excluding hydrogens is 488 g/mol. The van der Waals surface area contributed by atoms with Crippen molar-refractivity contribution in [3.05, 3.63) is 0 Å². The number of nitrogens with one attached hydrogen (secondary N) is 3. The van der Waals surface area contributed by atoms with E-state index >= 15 is 0 Å². The van der Waals surface area contributed by atoms with Crippen LogP contribution in [0.2, 0.25) is 0 Å². The number of primary amides is 1. The van der Waals surface area contributed by atoms with Crippen LogP contribution >= 0.6 is 12.6 Å². The van der Waals surface area contributed by atoms with Gasteiger partial charge in [0.25, 0.3) is 0 Å². The van der Waals surface area contributed by atoms with Crippen molar-refractivity contribution < 1.29 is 39.0 Å². The summed E-state index contributed by atoms with van der Waals surface area (Å²) in [5.74, 6) is -6.88. The third-order valence-corrected chi connectivity index (χ3v) is 4.78. The molecule has 0 aliphatic carbocycles. The number of guanidine groups is 1. The van der Waals surface area contributed by atoms with Crippen molar-refractivity contribution in [3.63, 3.8) is 0 Å². The quantitative estimate of drug-likeness (QED) is 0.0377. The minimum absolute atomic E-state index is 0.133. The average Bonchev–Trinajstić information content (AvgIpc) is 2.75. The predicted octanol–water partition coefficient (Wildman–Crippen LogP) is -4.42. The van der Waals surface area contributed by atoms with E-state index in [0.717, 1.165) is 0 Å². The fourth-order valence-corrected chi connectivity index (χ4v) is 2.85. The van der Waals surface area contributed by atoms with Gasteiger partial charge in [-0.15, -0.1) is 0 Å². The van der Waals surface area contributed by atoms with Crippen molar-refractivity contribution in [2.24, 2.45) is 27.9 Å². The first-order chi connectivity index (χ1) is 16.3. The minimum Gasteiger partial charge on any atom is -0.481 e. The van der Waals surface area contributed by atoms with E-state index in [9.17, 15) is 28.8 Å². The molecule has 0 aromatic carbocycles. The summed E-state index contributed by atoms with van der Waals surface area (Å²) in [7, 11) is 0. The highest BCUT2D eigenvalue weighted by Gasteiger charge is 2.31. The van der Waals surface area contributed by atoms with Gasteiger partial charge in [0.2, 0.25) is 23.6 Å². The van der Waals surface area contributed by atoms with E-state index in [4.69, 9.17) is 33.1 Å². The molecule has 4 amide bonds. The number of thiol groups is 1. The van der Waals surface area contributed by atoms with Crippen LogP contribution in [0.5, 0.6) is 0 Å². The Hall–Kier alpha value is -3.60. The summed E-state index contributed by atoms with van der Waals surface area (Å²) in [6.45, 7) is 0.207. The van der Waals surface area contributed by atoms with Crippen LogP contribution in [0, 0.1) is 0 Å². The fourth-order valence-electron chi connectivity index (χ4n) is 2.61. The SMILES string of the molecule is NC(=O)CC(NC(=O)C(N)CCCN=C(N)N)C(=O)NC(CCC(=O)O)C(=O)NC(CS)C(=O)O. The molecule has 0 aromatic rings. The van der Waals surface area contributed by atoms with E-state index in [1.165, 1.54) is 0 Å². The number of carboxylic acid groups (broad SMARTS) is 2. The van der Waals surface area contributed by atoms with Crippen molar-refractivity contribution in [1.29, 1.82) is 0 Å². The summed E-state index contributed by atoms with van der Waals surface area (Å²) in [6, 6.07) is -5.54. The molecule has 0 heterocycles. The van der Waals surface area contributed by atoms with Crippen LogP contribution in [0.4, 0.5) is 0 Å². The zero-order chi connectivity index (χ0) is 27.1. The smallest absolute Gasteiger partial charge is 0.327 e. The second-order valence-corrected chi connectivity index (χ2v) is 7.73. The van der Waals surface area contributed by atoms with E-state index in [1.54, 1.807) is 0 Å². The summed E-state index contributed by atoms with van der Waals surface area (Å²) in [4.78, 5) is 74.9. The molecular formula is C18H32N8O8S. The van der Waals surface area contributed by atoms with E-state index in [-0.39, 0.29) is 24.7 Å². The highest BCUT2D eigenvalue weighted by atomic mass is 32.1. The monoisotopic (exact) mass is 520 g/mol. The van der Waals surface area contributed by atoms with Gasteiger partial charge in [-0.25, -0.2) is 4.79 Å². The van der Waals surface area contributed by atoms with Crippen LogP contribution in [-0.2, 0) is 28.8 Å². The minimum atomic E-state index is -1.54. The molecule has 17 heteroatoms. The number of nitrogens with two attached hydrogens (primary N) is 4. The van der Waals surface area contributed by atoms with Crippen LogP contribution < -0.4 is 38.9 Å². The molecule has 4 unspecified atom stereocenters. The summed E-state index contributed by atoms with van der Waals surface area (Å²) in [6.07, 6.45) is -1.14. The zero-order valence-corrected chi connectivity index (χ0v) is 19.7. The number of hydrogen-bond donors (Lipinski definition) is 10. The van der Waals surface area contributed by atoms with Crippen molar-refractivity contribution in [3.8, 4) is 0 Å². The third kappa shape index (κ3) is 13.6. The zero-order valence-electron chi connectivity index (χ0n) is 18.8. The van der Waals surface area contributed by atoms with Crippen LogP contribution in [0.3, 0.4) is 0 Å². The van der Waals surface area contributed by atoms with Crippen molar-refractivity contribution in [1.82, 2.24) is 16.0 Å². The summed E-state index contributed by atoms with van der Waals surface area (Å²) in [5.41, 5.74) is 21.3. The number of carbonyl (C=O) groups excluding carboxylic acids is 4. The fraction of sp³-hybridized carbons (Fsp3) is 0.611. The van der Waals surface area contributed by atoms with E-state index < -0.39 is 79.0 Å². The Bertz CT molecular complexity index is 820. The maximum Gasteiger partial charge on any atom is 0.327 e. The Morgan fingerprint density at radius 1 is 0.829 bits per heavy atom. The van der Waals surface area contributed by atoms with Crippen molar-refractivity contribution in [2.45, 2.75) is 56.3 Å². The van der Waals surface area contributed by atoms with Crippen LogP contribution in [0.25, 0.3) is 0 Å². The lowest BCUT2D eigenvalue weighted by molar-refractivity contribution is -0.142. The van der Waals surface area contributed by atoms with E-state index in [0.29, 0.717) is 6.42 Å². The molecule has 0 aromatic heterocycles. The summed E-state index contributed by atoms with van der Waals surface area (Å²) in [5, 5.41) is 24.6. The average molecular weight is 521 g/mol. The molecule has 0 radical (unpaired) electrons. The van der Waals surface area contributed by atoms with Gasteiger partial charge in [0.1, 0.15) is 18.1 Å². The topological polar surface area (TPSA) is 295 Å². The number of aliphatic imine (C=N–C) groups is 1. The number of hydrogen-bond acceptors (Lipinski definition) is 9. The largest absolute Gasteiger partial charge is 0.481 e. The Labute approximate surface area is 206 Å². The maximum atomic E-state index is 12.7. The molecule has 13 N–H and O–H groups in total.